The lowest BCUT2D eigenvalue weighted by atomic mass is 10.0. The highest BCUT2D eigenvalue weighted by Gasteiger charge is 2.25. The first-order valence-corrected chi connectivity index (χ1v) is 8.06. The van der Waals surface area contributed by atoms with Gasteiger partial charge in [0.2, 0.25) is 5.91 Å². The van der Waals surface area contributed by atoms with Crippen molar-refractivity contribution in [2.45, 2.75) is 44.7 Å². The SMILES string of the molecule is CC(N)CCC(=O)NC1CCN(C(=O)c2ccccc2F)CC1.Cl. The molecular formula is C17H25ClFN3O2. The Hall–Kier alpha value is -1.66. The molecule has 0 spiro atoms. The van der Waals surface area contributed by atoms with Gasteiger partial charge < -0.3 is 16.0 Å². The molecule has 7 heteroatoms. The summed E-state index contributed by atoms with van der Waals surface area (Å²) >= 11 is 0. The van der Waals surface area contributed by atoms with Crippen LogP contribution in [0.2, 0.25) is 0 Å². The van der Waals surface area contributed by atoms with Crippen LogP contribution in [-0.4, -0.2) is 41.9 Å². The molecule has 0 bridgehead atoms. The summed E-state index contributed by atoms with van der Waals surface area (Å²) in [5, 5.41) is 2.98. The molecule has 1 saturated heterocycles. The zero-order chi connectivity index (χ0) is 16.8. The summed E-state index contributed by atoms with van der Waals surface area (Å²) in [5.41, 5.74) is 5.74. The van der Waals surface area contributed by atoms with E-state index in [2.05, 4.69) is 5.32 Å². The number of likely N-dealkylation sites (tertiary alicyclic amines) is 1. The number of hydrogen-bond donors (Lipinski definition) is 2. The number of halogens is 2. The van der Waals surface area contributed by atoms with Gasteiger partial charge in [0.1, 0.15) is 5.82 Å². The lowest BCUT2D eigenvalue weighted by molar-refractivity contribution is -0.122. The van der Waals surface area contributed by atoms with Crippen LogP contribution in [0.1, 0.15) is 43.0 Å². The predicted octanol–water partition coefficient (Wildman–Crippen LogP) is 2.10. The Balaban J connectivity index is 0.00000288. The highest BCUT2D eigenvalue weighted by Crippen LogP contribution is 2.16. The van der Waals surface area contributed by atoms with E-state index in [0.717, 1.165) is 0 Å². The van der Waals surface area contributed by atoms with Gasteiger partial charge in [-0.15, -0.1) is 12.4 Å². The van der Waals surface area contributed by atoms with Crippen molar-refractivity contribution >= 4 is 24.2 Å². The number of carbonyl (C=O) groups excluding carboxylic acids is 2. The standard InChI is InChI=1S/C17H24FN3O2.ClH/c1-12(19)6-7-16(22)20-13-8-10-21(11-9-13)17(23)14-4-2-3-5-15(14)18;/h2-5,12-13H,6-11,19H2,1H3,(H,20,22);1H. The molecule has 1 aliphatic rings. The molecule has 24 heavy (non-hydrogen) atoms. The number of rotatable bonds is 5. The summed E-state index contributed by atoms with van der Waals surface area (Å²) in [4.78, 5) is 25.8. The quantitative estimate of drug-likeness (QED) is 0.847. The number of nitrogens with zero attached hydrogens (tertiary/aromatic N) is 1. The van der Waals surface area contributed by atoms with E-state index >= 15 is 0 Å². The first-order chi connectivity index (χ1) is 11.0. The second-order valence-corrected chi connectivity index (χ2v) is 6.13. The Morgan fingerprint density at radius 2 is 1.96 bits per heavy atom. The smallest absolute Gasteiger partial charge is 0.256 e. The third-order valence-electron chi connectivity index (χ3n) is 4.08. The van der Waals surface area contributed by atoms with Crippen LogP contribution in [0.4, 0.5) is 4.39 Å². The molecule has 1 aliphatic heterocycles. The summed E-state index contributed by atoms with van der Waals surface area (Å²) < 4.78 is 13.7. The van der Waals surface area contributed by atoms with Crippen molar-refractivity contribution in [2.24, 2.45) is 5.73 Å². The molecule has 1 heterocycles. The zero-order valence-electron chi connectivity index (χ0n) is 13.8. The number of benzene rings is 1. The van der Waals surface area contributed by atoms with Gasteiger partial charge in [0, 0.05) is 31.6 Å². The molecule has 0 saturated carbocycles. The van der Waals surface area contributed by atoms with Gasteiger partial charge in [-0.3, -0.25) is 9.59 Å². The average Bonchev–Trinajstić information content (AvgIpc) is 2.53. The Morgan fingerprint density at radius 1 is 1.33 bits per heavy atom. The van der Waals surface area contributed by atoms with Crippen molar-refractivity contribution in [1.82, 2.24) is 10.2 Å². The van der Waals surface area contributed by atoms with Crippen molar-refractivity contribution in [3.8, 4) is 0 Å². The van der Waals surface area contributed by atoms with Gasteiger partial charge in [0.25, 0.3) is 5.91 Å². The molecular weight excluding hydrogens is 333 g/mol. The molecule has 3 N–H and O–H groups in total. The molecule has 0 radical (unpaired) electrons. The van der Waals surface area contributed by atoms with Crippen molar-refractivity contribution in [2.75, 3.05) is 13.1 Å². The molecule has 1 atom stereocenters. The van der Waals surface area contributed by atoms with E-state index in [-0.39, 0.29) is 41.9 Å². The molecule has 0 aliphatic carbocycles. The number of amides is 2. The largest absolute Gasteiger partial charge is 0.353 e. The highest BCUT2D eigenvalue weighted by atomic mass is 35.5. The van der Waals surface area contributed by atoms with Crippen LogP contribution in [0.3, 0.4) is 0 Å². The minimum Gasteiger partial charge on any atom is -0.353 e. The van der Waals surface area contributed by atoms with Crippen molar-refractivity contribution < 1.29 is 14.0 Å². The van der Waals surface area contributed by atoms with Crippen LogP contribution in [0.15, 0.2) is 24.3 Å². The number of nitrogens with two attached hydrogens (primary N) is 1. The van der Waals surface area contributed by atoms with E-state index in [9.17, 15) is 14.0 Å². The maximum absolute atomic E-state index is 13.7. The first-order valence-electron chi connectivity index (χ1n) is 8.06. The number of hydrogen-bond acceptors (Lipinski definition) is 3. The first kappa shape index (κ1) is 20.4. The Bertz CT molecular complexity index is 561. The van der Waals surface area contributed by atoms with E-state index < -0.39 is 5.82 Å². The molecule has 2 rings (SSSR count). The van der Waals surface area contributed by atoms with Crippen LogP contribution in [-0.2, 0) is 4.79 Å². The Morgan fingerprint density at radius 3 is 2.54 bits per heavy atom. The van der Waals surface area contributed by atoms with Crippen LogP contribution in [0.25, 0.3) is 0 Å². The molecule has 0 aromatic heterocycles. The minimum atomic E-state index is -0.496. The van der Waals surface area contributed by atoms with Crippen molar-refractivity contribution in [1.29, 1.82) is 0 Å². The minimum absolute atomic E-state index is 0. The van der Waals surface area contributed by atoms with Crippen molar-refractivity contribution in [3.05, 3.63) is 35.6 Å². The number of carbonyl (C=O) groups is 2. The van der Waals surface area contributed by atoms with Crippen LogP contribution >= 0.6 is 12.4 Å². The summed E-state index contributed by atoms with van der Waals surface area (Å²) in [5.74, 6) is -0.783. The summed E-state index contributed by atoms with van der Waals surface area (Å²) in [6.07, 6.45) is 2.46. The van der Waals surface area contributed by atoms with Gasteiger partial charge in [0.05, 0.1) is 5.56 Å². The lowest BCUT2D eigenvalue weighted by Crippen LogP contribution is -2.46. The van der Waals surface area contributed by atoms with E-state index in [1.54, 1.807) is 17.0 Å². The maximum Gasteiger partial charge on any atom is 0.256 e. The highest BCUT2D eigenvalue weighted by molar-refractivity contribution is 5.94. The second kappa shape index (κ2) is 9.59. The van der Waals surface area contributed by atoms with E-state index in [1.165, 1.54) is 12.1 Å². The van der Waals surface area contributed by atoms with E-state index in [0.29, 0.717) is 38.8 Å². The molecule has 1 aromatic rings. The third-order valence-corrected chi connectivity index (χ3v) is 4.08. The van der Waals surface area contributed by atoms with Gasteiger partial charge in [-0.2, -0.15) is 0 Å². The predicted molar refractivity (Wildman–Crippen MR) is 93.6 cm³/mol. The number of nitrogens with one attached hydrogen (secondary N) is 1. The summed E-state index contributed by atoms with van der Waals surface area (Å²) in [7, 11) is 0. The van der Waals surface area contributed by atoms with Gasteiger partial charge in [-0.1, -0.05) is 12.1 Å². The Kier molecular flexibility index (Phi) is 8.15. The molecule has 1 fully saturated rings. The second-order valence-electron chi connectivity index (χ2n) is 6.13. The topological polar surface area (TPSA) is 75.4 Å². The monoisotopic (exact) mass is 357 g/mol. The molecule has 5 nitrogen and oxygen atoms in total. The van der Waals surface area contributed by atoms with Gasteiger partial charge in [0.15, 0.2) is 0 Å². The van der Waals surface area contributed by atoms with Gasteiger partial charge in [-0.05, 0) is 38.3 Å². The summed E-state index contributed by atoms with van der Waals surface area (Å²) in [6.45, 7) is 2.91. The van der Waals surface area contributed by atoms with Gasteiger partial charge >= 0.3 is 0 Å². The fourth-order valence-electron chi connectivity index (χ4n) is 2.69. The molecule has 1 unspecified atom stereocenters. The number of piperidine rings is 1. The normalized spacial score (nSPS) is 16.2. The fraction of sp³-hybridized carbons (Fsp3) is 0.529. The van der Waals surface area contributed by atoms with Crippen LogP contribution in [0, 0.1) is 5.82 Å². The maximum atomic E-state index is 13.7. The average molecular weight is 358 g/mol. The van der Waals surface area contributed by atoms with E-state index in [4.69, 9.17) is 5.73 Å². The zero-order valence-corrected chi connectivity index (χ0v) is 14.7. The van der Waals surface area contributed by atoms with Crippen molar-refractivity contribution in [3.63, 3.8) is 0 Å². The lowest BCUT2D eigenvalue weighted by Gasteiger charge is -2.32. The van der Waals surface area contributed by atoms with Crippen LogP contribution < -0.4 is 11.1 Å². The van der Waals surface area contributed by atoms with Gasteiger partial charge in [-0.25, -0.2) is 4.39 Å². The molecule has 134 valence electrons. The summed E-state index contributed by atoms with van der Waals surface area (Å²) in [6, 6.07) is 6.09. The molecule has 2 amide bonds. The fourth-order valence-corrected chi connectivity index (χ4v) is 2.69. The Labute approximate surface area is 148 Å². The van der Waals surface area contributed by atoms with Crippen LogP contribution in [0.5, 0.6) is 0 Å². The molecule has 1 aromatic carbocycles. The third kappa shape index (κ3) is 5.76. The van der Waals surface area contributed by atoms with E-state index in [1.807, 2.05) is 6.92 Å².